The summed E-state index contributed by atoms with van der Waals surface area (Å²) in [6.07, 6.45) is 3.30. The average molecular weight is 352 g/mol. The van der Waals surface area contributed by atoms with Gasteiger partial charge < -0.3 is 4.74 Å². The van der Waals surface area contributed by atoms with E-state index in [-0.39, 0.29) is 5.78 Å². The van der Waals surface area contributed by atoms with Gasteiger partial charge in [0.1, 0.15) is 5.75 Å². The first-order valence-corrected chi connectivity index (χ1v) is 7.09. The third kappa shape index (κ3) is 3.71. The fourth-order valence-corrected chi connectivity index (χ4v) is 2.34. The van der Waals surface area contributed by atoms with Crippen LogP contribution in [0, 0.1) is 0 Å². The zero-order valence-corrected chi connectivity index (χ0v) is 13.1. The number of methoxy groups -OCH3 is 1. The van der Waals surface area contributed by atoms with E-state index < -0.39 is 0 Å². The van der Waals surface area contributed by atoms with Crippen molar-refractivity contribution in [3.05, 3.63) is 69.2 Å². The maximum Gasteiger partial charge on any atom is 0.186 e. The zero-order chi connectivity index (χ0) is 14.5. The maximum absolute atomic E-state index is 12.1. The summed E-state index contributed by atoms with van der Waals surface area (Å²) < 4.78 is 5.81. The Hall–Kier alpha value is -1.58. The molecule has 0 saturated carbocycles. The summed E-state index contributed by atoms with van der Waals surface area (Å²) in [5.74, 6) is 0.629. The van der Waals surface area contributed by atoms with Crippen molar-refractivity contribution in [1.82, 2.24) is 0 Å². The number of benzene rings is 2. The first-order valence-electron chi connectivity index (χ1n) is 5.91. The minimum atomic E-state index is -0.0746. The Labute approximate surface area is 131 Å². The van der Waals surface area contributed by atoms with Crippen molar-refractivity contribution in [1.29, 1.82) is 0 Å². The zero-order valence-electron chi connectivity index (χ0n) is 10.8. The smallest absolute Gasteiger partial charge is 0.186 e. The van der Waals surface area contributed by atoms with Gasteiger partial charge in [-0.05, 0) is 57.9 Å². The van der Waals surface area contributed by atoms with Crippen molar-refractivity contribution in [3.8, 4) is 5.75 Å². The van der Waals surface area contributed by atoms with Gasteiger partial charge in [-0.1, -0.05) is 29.8 Å². The van der Waals surface area contributed by atoms with Crippen LogP contribution in [0.25, 0.3) is 6.08 Å². The predicted octanol–water partition coefficient (Wildman–Crippen LogP) is 5.01. The molecule has 102 valence electrons. The van der Waals surface area contributed by atoms with Gasteiger partial charge in [0.05, 0.1) is 7.11 Å². The molecule has 0 aliphatic carbocycles. The minimum absolute atomic E-state index is 0.0746. The van der Waals surface area contributed by atoms with Crippen molar-refractivity contribution >= 4 is 39.4 Å². The number of hydrogen-bond donors (Lipinski definition) is 0. The van der Waals surface area contributed by atoms with Gasteiger partial charge in [0.15, 0.2) is 5.78 Å². The molecule has 0 amide bonds. The first kappa shape index (κ1) is 14.8. The molecule has 0 radical (unpaired) electrons. The van der Waals surface area contributed by atoms with Crippen LogP contribution in [0.15, 0.2) is 53.0 Å². The van der Waals surface area contributed by atoms with Crippen LogP contribution >= 0.6 is 27.5 Å². The Morgan fingerprint density at radius 3 is 2.50 bits per heavy atom. The van der Waals surface area contributed by atoms with E-state index >= 15 is 0 Å². The second kappa shape index (κ2) is 6.73. The van der Waals surface area contributed by atoms with Gasteiger partial charge >= 0.3 is 0 Å². The number of carbonyl (C=O) groups excluding carboxylic acids is 1. The predicted molar refractivity (Wildman–Crippen MR) is 85.5 cm³/mol. The second-order valence-electron chi connectivity index (χ2n) is 4.09. The Balaban J connectivity index is 2.17. The van der Waals surface area contributed by atoms with Crippen LogP contribution in [0.2, 0.25) is 5.02 Å². The van der Waals surface area contributed by atoms with E-state index in [1.807, 2.05) is 12.1 Å². The monoisotopic (exact) mass is 350 g/mol. The molecule has 0 N–H and O–H groups in total. The first-order chi connectivity index (χ1) is 9.60. The molecular weight excluding hydrogens is 340 g/mol. The average Bonchev–Trinajstić information content (AvgIpc) is 2.46. The lowest BCUT2D eigenvalue weighted by atomic mass is 10.1. The van der Waals surface area contributed by atoms with E-state index in [0.717, 1.165) is 5.56 Å². The van der Waals surface area contributed by atoms with Crippen LogP contribution in [-0.2, 0) is 0 Å². The Morgan fingerprint density at radius 1 is 1.20 bits per heavy atom. The molecular formula is C16H12BrClO2. The quantitative estimate of drug-likeness (QED) is 0.572. The summed E-state index contributed by atoms with van der Waals surface area (Å²) in [6.45, 7) is 0. The molecule has 0 aliphatic heterocycles. The summed E-state index contributed by atoms with van der Waals surface area (Å²) >= 11 is 9.18. The van der Waals surface area contributed by atoms with E-state index in [9.17, 15) is 4.79 Å². The van der Waals surface area contributed by atoms with Crippen LogP contribution in [-0.4, -0.2) is 12.9 Å². The normalized spacial score (nSPS) is 10.8. The van der Waals surface area contributed by atoms with Crippen LogP contribution in [0.1, 0.15) is 15.9 Å². The standard InChI is InChI=1S/C16H12BrClO2/c1-20-13-7-8-14(15(17)10-13)16(19)9-4-11-2-5-12(18)6-3-11/h2-10H,1H3/b9-4+. The van der Waals surface area contributed by atoms with Gasteiger partial charge in [0.2, 0.25) is 0 Å². The fourth-order valence-electron chi connectivity index (χ4n) is 1.66. The number of carbonyl (C=O) groups is 1. The Bertz CT molecular complexity index is 648. The number of allylic oxidation sites excluding steroid dienone is 1. The largest absolute Gasteiger partial charge is 0.497 e. The van der Waals surface area contributed by atoms with Gasteiger partial charge in [-0.25, -0.2) is 0 Å². The molecule has 0 fully saturated rings. The van der Waals surface area contributed by atoms with Gasteiger partial charge in [0.25, 0.3) is 0 Å². The van der Waals surface area contributed by atoms with Crippen LogP contribution in [0.5, 0.6) is 5.75 Å². The molecule has 20 heavy (non-hydrogen) atoms. The summed E-state index contributed by atoms with van der Waals surface area (Å²) in [7, 11) is 1.59. The van der Waals surface area contributed by atoms with Crippen molar-refractivity contribution in [2.75, 3.05) is 7.11 Å². The van der Waals surface area contributed by atoms with E-state index in [1.54, 1.807) is 43.5 Å². The highest BCUT2D eigenvalue weighted by molar-refractivity contribution is 9.10. The number of rotatable bonds is 4. The van der Waals surface area contributed by atoms with Crippen molar-refractivity contribution in [2.24, 2.45) is 0 Å². The molecule has 0 heterocycles. The molecule has 2 rings (SSSR count). The molecule has 2 aromatic carbocycles. The van der Waals surface area contributed by atoms with Crippen LogP contribution in [0.3, 0.4) is 0 Å². The molecule has 2 nitrogen and oxygen atoms in total. The highest BCUT2D eigenvalue weighted by Gasteiger charge is 2.07. The van der Waals surface area contributed by atoms with Gasteiger partial charge in [-0.3, -0.25) is 4.79 Å². The molecule has 0 bridgehead atoms. The molecule has 0 saturated heterocycles. The minimum Gasteiger partial charge on any atom is -0.497 e. The summed E-state index contributed by atoms with van der Waals surface area (Å²) in [6, 6.07) is 12.5. The maximum atomic E-state index is 12.1. The number of halogens is 2. The van der Waals surface area contributed by atoms with Crippen molar-refractivity contribution < 1.29 is 9.53 Å². The highest BCUT2D eigenvalue weighted by atomic mass is 79.9. The molecule has 0 atom stereocenters. The van der Waals surface area contributed by atoms with Crippen molar-refractivity contribution in [2.45, 2.75) is 0 Å². The summed E-state index contributed by atoms with van der Waals surface area (Å²) in [5.41, 5.74) is 1.52. The summed E-state index contributed by atoms with van der Waals surface area (Å²) in [4.78, 5) is 12.1. The SMILES string of the molecule is COc1ccc(C(=O)/C=C/c2ccc(Cl)cc2)c(Br)c1. The van der Waals surface area contributed by atoms with Gasteiger partial charge in [-0.2, -0.15) is 0 Å². The van der Waals surface area contributed by atoms with Crippen molar-refractivity contribution in [3.63, 3.8) is 0 Å². The van der Waals surface area contributed by atoms with Gasteiger partial charge in [-0.15, -0.1) is 0 Å². The lowest BCUT2D eigenvalue weighted by molar-refractivity contribution is 0.104. The molecule has 0 unspecified atom stereocenters. The van der Waals surface area contributed by atoms with E-state index in [0.29, 0.717) is 20.8 Å². The van der Waals surface area contributed by atoms with E-state index in [2.05, 4.69) is 15.9 Å². The van der Waals surface area contributed by atoms with Crippen LogP contribution < -0.4 is 4.74 Å². The molecule has 4 heteroatoms. The third-order valence-corrected chi connectivity index (χ3v) is 3.65. The Morgan fingerprint density at radius 2 is 1.90 bits per heavy atom. The highest BCUT2D eigenvalue weighted by Crippen LogP contribution is 2.23. The second-order valence-corrected chi connectivity index (χ2v) is 5.39. The molecule has 0 aliphatic rings. The molecule has 2 aromatic rings. The Kier molecular flexibility index (Phi) is 4.99. The van der Waals surface area contributed by atoms with Crippen LogP contribution in [0.4, 0.5) is 0 Å². The lowest BCUT2D eigenvalue weighted by Gasteiger charge is -2.03. The molecule has 0 aromatic heterocycles. The summed E-state index contributed by atoms with van der Waals surface area (Å²) in [5, 5.41) is 0.673. The fraction of sp³-hybridized carbons (Fsp3) is 0.0625. The van der Waals surface area contributed by atoms with E-state index in [1.165, 1.54) is 6.08 Å². The lowest BCUT2D eigenvalue weighted by Crippen LogP contribution is -1.96. The third-order valence-electron chi connectivity index (χ3n) is 2.74. The molecule has 0 spiro atoms. The number of ketones is 1. The number of ether oxygens (including phenoxy) is 1. The van der Waals surface area contributed by atoms with Gasteiger partial charge in [0, 0.05) is 15.1 Å². The van der Waals surface area contributed by atoms with E-state index in [4.69, 9.17) is 16.3 Å². The number of hydrogen-bond acceptors (Lipinski definition) is 2. The topological polar surface area (TPSA) is 26.3 Å².